The van der Waals surface area contributed by atoms with Gasteiger partial charge in [0.1, 0.15) is 0 Å². The summed E-state index contributed by atoms with van der Waals surface area (Å²) in [7, 11) is 0. The molecule has 0 aliphatic heterocycles. The van der Waals surface area contributed by atoms with Gasteiger partial charge < -0.3 is 5.32 Å². The summed E-state index contributed by atoms with van der Waals surface area (Å²) < 4.78 is 0. The number of carbonyl (C=O) groups excluding carboxylic acids is 1. The maximum Gasteiger partial charge on any atom is 0.244 e. The minimum absolute atomic E-state index is 0.0529. The van der Waals surface area contributed by atoms with Crippen LogP contribution in [0.5, 0.6) is 0 Å². The van der Waals surface area contributed by atoms with Gasteiger partial charge in [-0.3, -0.25) is 9.78 Å². The van der Waals surface area contributed by atoms with Crippen LogP contribution in [0.4, 0.5) is 0 Å². The molecular formula is C18H20N2O. The lowest BCUT2D eigenvalue weighted by Crippen LogP contribution is -2.26. The molecule has 0 aliphatic rings. The Hall–Kier alpha value is -2.42. The Morgan fingerprint density at radius 2 is 1.95 bits per heavy atom. The minimum atomic E-state index is -0.0945. The van der Waals surface area contributed by atoms with E-state index in [4.69, 9.17) is 0 Å². The summed E-state index contributed by atoms with van der Waals surface area (Å²) in [6, 6.07) is 15.7. The van der Waals surface area contributed by atoms with Crippen molar-refractivity contribution >= 4 is 12.0 Å². The Kier molecular flexibility index (Phi) is 5.71. The lowest BCUT2D eigenvalue weighted by atomic mass is 10.0. The van der Waals surface area contributed by atoms with E-state index in [1.165, 1.54) is 6.08 Å². The monoisotopic (exact) mass is 280 g/mol. The SMILES string of the molecule is CCCC(NC(=O)/C=C/c1ccccn1)c1ccccc1. The molecule has 1 amide bonds. The van der Waals surface area contributed by atoms with Gasteiger partial charge in [0.15, 0.2) is 0 Å². The standard InChI is InChI=1S/C18H20N2O/c1-2-8-17(15-9-4-3-5-10-15)20-18(21)13-12-16-11-6-7-14-19-16/h3-7,9-14,17H,2,8H2,1H3,(H,20,21)/b13-12+. The highest BCUT2D eigenvalue weighted by Crippen LogP contribution is 2.17. The van der Waals surface area contributed by atoms with E-state index in [1.54, 1.807) is 12.3 Å². The predicted octanol–water partition coefficient (Wildman–Crippen LogP) is 3.75. The molecule has 1 unspecified atom stereocenters. The molecule has 1 atom stereocenters. The van der Waals surface area contributed by atoms with Gasteiger partial charge in [0.05, 0.1) is 11.7 Å². The molecule has 3 nitrogen and oxygen atoms in total. The van der Waals surface area contributed by atoms with Crippen LogP contribution in [-0.2, 0) is 4.79 Å². The average molecular weight is 280 g/mol. The molecule has 0 saturated carbocycles. The fourth-order valence-electron chi connectivity index (χ4n) is 2.15. The van der Waals surface area contributed by atoms with Gasteiger partial charge in [-0.2, -0.15) is 0 Å². The van der Waals surface area contributed by atoms with E-state index < -0.39 is 0 Å². The number of aromatic nitrogens is 1. The van der Waals surface area contributed by atoms with Crippen LogP contribution in [0.25, 0.3) is 6.08 Å². The fourth-order valence-corrected chi connectivity index (χ4v) is 2.15. The second kappa shape index (κ2) is 8.00. The first-order valence-electron chi connectivity index (χ1n) is 7.24. The summed E-state index contributed by atoms with van der Waals surface area (Å²) in [5, 5.41) is 3.05. The second-order valence-corrected chi connectivity index (χ2v) is 4.85. The molecule has 1 heterocycles. The second-order valence-electron chi connectivity index (χ2n) is 4.85. The van der Waals surface area contributed by atoms with E-state index in [0.29, 0.717) is 0 Å². The third-order valence-electron chi connectivity index (χ3n) is 3.19. The van der Waals surface area contributed by atoms with Crippen molar-refractivity contribution in [3.63, 3.8) is 0 Å². The third-order valence-corrected chi connectivity index (χ3v) is 3.19. The molecule has 0 bridgehead atoms. The number of carbonyl (C=O) groups is 1. The summed E-state index contributed by atoms with van der Waals surface area (Å²) in [6.07, 6.45) is 6.91. The number of benzene rings is 1. The molecule has 1 N–H and O–H groups in total. The Morgan fingerprint density at radius 1 is 1.19 bits per heavy atom. The zero-order valence-corrected chi connectivity index (χ0v) is 12.2. The number of amides is 1. The molecular weight excluding hydrogens is 260 g/mol. The highest BCUT2D eigenvalue weighted by Gasteiger charge is 2.11. The fraction of sp³-hybridized carbons (Fsp3) is 0.222. The molecule has 0 aliphatic carbocycles. The van der Waals surface area contributed by atoms with E-state index in [-0.39, 0.29) is 11.9 Å². The molecule has 0 saturated heterocycles. The Balaban J connectivity index is 2.00. The van der Waals surface area contributed by atoms with Gasteiger partial charge in [-0.05, 0) is 30.2 Å². The van der Waals surface area contributed by atoms with Gasteiger partial charge in [-0.1, -0.05) is 49.7 Å². The van der Waals surface area contributed by atoms with Crippen molar-refractivity contribution in [1.82, 2.24) is 10.3 Å². The van der Waals surface area contributed by atoms with Crippen LogP contribution >= 0.6 is 0 Å². The lowest BCUT2D eigenvalue weighted by Gasteiger charge is -2.17. The summed E-state index contributed by atoms with van der Waals surface area (Å²) in [6.45, 7) is 2.12. The smallest absolute Gasteiger partial charge is 0.244 e. The Bertz CT molecular complexity index is 579. The lowest BCUT2D eigenvalue weighted by molar-refractivity contribution is -0.117. The van der Waals surface area contributed by atoms with Crippen molar-refractivity contribution in [1.29, 1.82) is 0 Å². The first kappa shape index (κ1) is 15.0. The van der Waals surface area contributed by atoms with Crippen molar-refractivity contribution in [2.45, 2.75) is 25.8 Å². The van der Waals surface area contributed by atoms with Gasteiger partial charge in [0.25, 0.3) is 0 Å². The summed E-state index contributed by atoms with van der Waals surface area (Å²) in [4.78, 5) is 16.2. The molecule has 108 valence electrons. The van der Waals surface area contributed by atoms with Crippen molar-refractivity contribution in [3.05, 3.63) is 72.1 Å². The average Bonchev–Trinajstić information content (AvgIpc) is 2.54. The van der Waals surface area contributed by atoms with Gasteiger partial charge >= 0.3 is 0 Å². The number of rotatable bonds is 6. The number of hydrogen-bond acceptors (Lipinski definition) is 2. The van der Waals surface area contributed by atoms with Gasteiger partial charge in [0, 0.05) is 12.3 Å². The van der Waals surface area contributed by atoms with Crippen molar-refractivity contribution < 1.29 is 4.79 Å². The zero-order chi connectivity index (χ0) is 14.9. The van der Waals surface area contributed by atoms with Gasteiger partial charge in [-0.15, -0.1) is 0 Å². The molecule has 21 heavy (non-hydrogen) atoms. The van der Waals surface area contributed by atoms with Crippen LogP contribution in [0.3, 0.4) is 0 Å². The minimum Gasteiger partial charge on any atom is -0.346 e. The van der Waals surface area contributed by atoms with Gasteiger partial charge in [0.2, 0.25) is 5.91 Å². The van der Waals surface area contributed by atoms with Crippen LogP contribution in [0.2, 0.25) is 0 Å². The predicted molar refractivity (Wildman–Crippen MR) is 85.5 cm³/mol. The molecule has 0 fully saturated rings. The van der Waals surface area contributed by atoms with E-state index in [2.05, 4.69) is 17.2 Å². The number of nitrogens with zero attached hydrogens (tertiary/aromatic N) is 1. The number of pyridine rings is 1. The van der Waals surface area contributed by atoms with Crippen molar-refractivity contribution in [2.24, 2.45) is 0 Å². The van der Waals surface area contributed by atoms with Crippen LogP contribution in [0.15, 0.2) is 60.8 Å². The molecule has 0 spiro atoms. The summed E-state index contributed by atoms with van der Waals surface area (Å²) in [5.74, 6) is -0.0945. The maximum atomic E-state index is 12.0. The van der Waals surface area contributed by atoms with Crippen LogP contribution in [0.1, 0.15) is 37.1 Å². The molecule has 1 aromatic carbocycles. The first-order valence-corrected chi connectivity index (χ1v) is 7.24. The van der Waals surface area contributed by atoms with E-state index in [0.717, 1.165) is 24.1 Å². The zero-order valence-electron chi connectivity index (χ0n) is 12.2. The first-order chi connectivity index (χ1) is 10.3. The van der Waals surface area contributed by atoms with Crippen LogP contribution < -0.4 is 5.32 Å². The molecule has 1 aromatic heterocycles. The quantitative estimate of drug-likeness (QED) is 0.819. The number of hydrogen-bond donors (Lipinski definition) is 1. The Morgan fingerprint density at radius 3 is 2.62 bits per heavy atom. The molecule has 0 radical (unpaired) electrons. The van der Waals surface area contributed by atoms with E-state index >= 15 is 0 Å². The van der Waals surface area contributed by atoms with Crippen LogP contribution in [-0.4, -0.2) is 10.9 Å². The molecule has 2 aromatic rings. The van der Waals surface area contributed by atoms with Crippen molar-refractivity contribution in [3.8, 4) is 0 Å². The largest absolute Gasteiger partial charge is 0.346 e. The van der Waals surface area contributed by atoms with E-state index in [1.807, 2.05) is 48.5 Å². The summed E-state index contributed by atoms with van der Waals surface area (Å²) in [5.41, 5.74) is 1.92. The van der Waals surface area contributed by atoms with Crippen molar-refractivity contribution in [2.75, 3.05) is 0 Å². The molecule has 2 rings (SSSR count). The normalized spacial score (nSPS) is 12.2. The Labute approximate surface area is 125 Å². The topological polar surface area (TPSA) is 42.0 Å². The highest BCUT2D eigenvalue weighted by molar-refractivity contribution is 5.91. The summed E-state index contributed by atoms with van der Waals surface area (Å²) >= 11 is 0. The van der Waals surface area contributed by atoms with Crippen LogP contribution in [0, 0.1) is 0 Å². The van der Waals surface area contributed by atoms with Gasteiger partial charge in [-0.25, -0.2) is 0 Å². The molecule has 3 heteroatoms. The highest BCUT2D eigenvalue weighted by atomic mass is 16.1. The van der Waals surface area contributed by atoms with E-state index in [9.17, 15) is 4.79 Å². The third kappa shape index (κ3) is 4.88. The maximum absolute atomic E-state index is 12.0. The number of nitrogens with one attached hydrogen (secondary N) is 1.